The van der Waals surface area contributed by atoms with E-state index >= 15 is 0 Å². The lowest BCUT2D eigenvalue weighted by Gasteiger charge is -2.21. The van der Waals surface area contributed by atoms with Gasteiger partial charge in [0.2, 0.25) is 0 Å². The lowest BCUT2D eigenvalue weighted by molar-refractivity contribution is 0.0506. The number of ether oxygens (including phenoxy) is 2. The third-order valence-electron chi connectivity index (χ3n) is 2.11. The summed E-state index contributed by atoms with van der Waals surface area (Å²) in [6.45, 7) is 9.19. The molecule has 0 aliphatic heterocycles. The largest absolute Gasteiger partial charge is 0.461 e. The smallest absolute Gasteiger partial charge is 0.408 e. The second kappa shape index (κ2) is 6.69. The van der Waals surface area contributed by atoms with Crippen LogP contribution in [-0.4, -0.2) is 29.3 Å². The predicted molar refractivity (Wildman–Crippen MR) is 75.9 cm³/mol. The second-order valence-electron chi connectivity index (χ2n) is 5.16. The van der Waals surface area contributed by atoms with Gasteiger partial charge in [-0.1, -0.05) is 0 Å². The molecule has 6 nitrogen and oxygen atoms in total. The van der Waals surface area contributed by atoms with Crippen molar-refractivity contribution in [3.63, 3.8) is 0 Å². The van der Waals surface area contributed by atoms with Gasteiger partial charge in [0.05, 0.1) is 12.6 Å². The van der Waals surface area contributed by atoms with E-state index in [1.807, 2.05) is 0 Å². The molecule has 1 aromatic heterocycles. The molecular weight excluding hydrogens is 280 g/mol. The molecule has 1 N–H and O–H groups in total. The summed E-state index contributed by atoms with van der Waals surface area (Å²) in [5.74, 6) is -0.459. The number of hydrogen-bond donors (Lipinski definition) is 1. The fourth-order valence-electron chi connectivity index (χ4n) is 1.33. The van der Waals surface area contributed by atoms with Crippen molar-refractivity contribution in [2.24, 2.45) is 0 Å². The summed E-state index contributed by atoms with van der Waals surface area (Å²) < 4.78 is 10.0. The van der Waals surface area contributed by atoms with Gasteiger partial charge in [-0.05, 0) is 34.6 Å². The SMILES string of the molecule is CCOC(=O)c1csc([C@H](C)NC(=O)OC(C)(C)C)n1. The summed E-state index contributed by atoms with van der Waals surface area (Å²) in [6, 6.07) is -0.335. The van der Waals surface area contributed by atoms with Crippen molar-refractivity contribution in [3.8, 4) is 0 Å². The van der Waals surface area contributed by atoms with E-state index in [9.17, 15) is 9.59 Å². The fourth-order valence-corrected chi connectivity index (χ4v) is 2.13. The number of amides is 1. The molecule has 0 fully saturated rings. The number of rotatable bonds is 4. The van der Waals surface area contributed by atoms with Crippen LogP contribution in [-0.2, 0) is 9.47 Å². The van der Waals surface area contributed by atoms with E-state index in [0.29, 0.717) is 11.6 Å². The van der Waals surface area contributed by atoms with Crippen LogP contribution in [0.5, 0.6) is 0 Å². The number of carbonyl (C=O) groups excluding carboxylic acids is 2. The Labute approximate surface area is 122 Å². The third kappa shape index (κ3) is 5.16. The van der Waals surface area contributed by atoms with Gasteiger partial charge >= 0.3 is 12.1 Å². The summed E-state index contributed by atoms with van der Waals surface area (Å²) >= 11 is 1.29. The summed E-state index contributed by atoms with van der Waals surface area (Å²) in [5, 5.41) is 4.91. The van der Waals surface area contributed by atoms with Gasteiger partial charge in [0.25, 0.3) is 0 Å². The molecule has 1 rings (SSSR count). The van der Waals surface area contributed by atoms with E-state index in [2.05, 4.69) is 10.3 Å². The van der Waals surface area contributed by atoms with Crippen LogP contribution in [0.4, 0.5) is 4.79 Å². The van der Waals surface area contributed by atoms with Crippen molar-refractivity contribution in [3.05, 3.63) is 16.1 Å². The number of carbonyl (C=O) groups is 2. The van der Waals surface area contributed by atoms with Crippen molar-refractivity contribution in [2.45, 2.75) is 46.3 Å². The van der Waals surface area contributed by atoms with Crippen LogP contribution >= 0.6 is 11.3 Å². The Bertz CT molecular complexity index is 479. The van der Waals surface area contributed by atoms with Gasteiger partial charge in [0, 0.05) is 5.38 Å². The standard InChI is InChI=1S/C13H20N2O4S/c1-6-18-11(16)9-7-20-10(15-9)8(2)14-12(17)19-13(3,4)5/h7-8H,6H2,1-5H3,(H,14,17)/t8-/m0/s1. The Balaban J connectivity index is 2.62. The molecule has 112 valence electrons. The zero-order valence-electron chi connectivity index (χ0n) is 12.4. The van der Waals surface area contributed by atoms with Gasteiger partial charge in [-0.2, -0.15) is 0 Å². The highest BCUT2D eigenvalue weighted by molar-refractivity contribution is 7.09. The molecule has 0 saturated heterocycles. The predicted octanol–water partition coefficient (Wildman–Crippen LogP) is 2.91. The Kier molecular flexibility index (Phi) is 5.50. The Morgan fingerprint density at radius 2 is 2.10 bits per heavy atom. The van der Waals surface area contributed by atoms with Crippen molar-refractivity contribution in [1.29, 1.82) is 0 Å². The summed E-state index contributed by atoms with van der Waals surface area (Å²) in [5.41, 5.74) is -0.298. The average Bonchev–Trinajstić information content (AvgIpc) is 2.75. The maximum Gasteiger partial charge on any atom is 0.408 e. The molecule has 20 heavy (non-hydrogen) atoms. The Morgan fingerprint density at radius 1 is 1.45 bits per heavy atom. The highest BCUT2D eigenvalue weighted by Crippen LogP contribution is 2.19. The van der Waals surface area contributed by atoms with E-state index in [0.717, 1.165) is 0 Å². The number of aromatic nitrogens is 1. The monoisotopic (exact) mass is 300 g/mol. The van der Waals surface area contributed by atoms with Gasteiger partial charge in [0.1, 0.15) is 10.6 Å². The second-order valence-corrected chi connectivity index (χ2v) is 6.05. The number of thiazole rings is 1. The molecule has 1 amide bonds. The molecular formula is C13H20N2O4S. The molecule has 1 aromatic rings. The topological polar surface area (TPSA) is 77.5 Å². The number of hydrogen-bond acceptors (Lipinski definition) is 6. The molecule has 0 radical (unpaired) electrons. The maximum atomic E-state index is 11.6. The molecule has 0 unspecified atom stereocenters. The van der Waals surface area contributed by atoms with Crippen LogP contribution in [0.3, 0.4) is 0 Å². The van der Waals surface area contributed by atoms with Crippen molar-refractivity contribution in [1.82, 2.24) is 10.3 Å². The van der Waals surface area contributed by atoms with Gasteiger partial charge < -0.3 is 14.8 Å². The molecule has 0 aliphatic carbocycles. The molecule has 0 saturated carbocycles. The molecule has 1 atom stereocenters. The lowest BCUT2D eigenvalue weighted by atomic mass is 10.2. The minimum atomic E-state index is -0.553. The zero-order valence-corrected chi connectivity index (χ0v) is 13.2. The minimum Gasteiger partial charge on any atom is -0.461 e. The number of nitrogens with one attached hydrogen (secondary N) is 1. The van der Waals surface area contributed by atoms with Crippen molar-refractivity contribution in [2.75, 3.05) is 6.61 Å². The molecule has 0 aromatic carbocycles. The first kappa shape index (κ1) is 16.4. The number of alkyl carbamates (subject to hydrolysis) is 1. The molecule has 7 heteroatoms. The lowest BCUT2D eigenvalue weighted by Crippen LogP contribution is -2.34. The van der Waals surface area contributed by atoms with E-state index in [1.165, 1.54) is 11.3 Å². The molecule has 1 heterocycles. The summed E-state index contributed by atoms with van der Waals surface area (Å²) in [4.78, 5) is 27.3. The number of esters is 1. The van der Waals surface area contributed by atoms with Crippen molar-refractivity contribution < 1.29 is 19.1 Å². The van der Waals surface area contributed by atoms with Gasteiger partial charge in [0.15, 0.2) is 5.69 Å². The average molecular weight is 300 g/mol. The highest BCUT2D eigenvalue weighted by Gasteiger charge is 2.20. The maximum absolute atomic E-state index is 11.6. The van der Waals surface area contributed by atoms with Gasteiger partial charge in [-0.15, -0.1) is 11.3 Å². The summed E-state index contributed by atoms with van der Waals surface area (Å²) in [7, 11) is 0. The van der Waals surface area contributed by atoms with Crippen molar-refractivity contribution >= 4 is 23.4 Å². The normalized spacial score (nSPS) is 12.7. The Morgan fingerprint density at radius 3 is 2.65 bits per heavy atom. The van der Waals surface area contributed by atoms with Crippen LogP contribution in [0.1, 0.15) is 56.2 Å². The van der Waals surface area contributed by atoms with E-state index in [1.54, 1.807) is 40.0 Å². The minimum absolute atomic E-state index is 0.254. The third-order valence-corrected chi connectivity index (χ3v) is 3.14. The molecule has 0 spiro atoms. The summed E-state index contributed by atoms with van der Waals surface area (Å²) in [6.07, 6.45) is -0.516. The van der Waals surface area contributed by atoms with Crippen LogP contribution in [0.2, 0.25) is 0 Å². The van der Waals surface area contributed by atoms with E-state index < -0.39 is 17.7 Å². The van der Waals surface area contributed by atoms with Gasteiger partial charge in [-0.25, -0.2) is 14.6 Å². The fraction of sp³-hybridized carbons (Fsp3) is 0.615. The number of nitrogens with zero attached hydrogens (tertiary/aromatic N) is 1. The Hall–Kier alpha value is -1.63. The first-order valence-corrected chi connectivity index (χ1v) is 7.23. The van der Waals surface area contributed by atoms with Gasteiger partial charge in [-0.3, -0.25) is 0 Å². The van der Waals surface area contributed by atoms with Crippen LogP contribution in [0.25, 0.3) is 0 Å². The van der Waals surface area contributed by atoms with Crippen LogP contribution in [0.15, 0.2) is 5.38 Å². The van der Waals surface area contributed by atoms with Crippen LogP contribution < -0.4 is 5.32 Å². The van der Waals surface area contributed by atoms with Crippen LogP contribution in [0, 0.1) is 0 Å². The van der Waals surface area contributed by atoms with E-state index in [4.69, 9.17) is 9.47 Å². The zero-order chi connectivity index (χ0) is 15.3. The first-order valence-electron chi connectivity index (χ1n) is 6.35. The highest BCUT2D eigenvalue weighted by atomic mass is 32.1. The molecule has 0 bridgehead atoms. The first-order chi connectivity index (χ1) is 9.23. The molecule has 0 aliphatic rings. The quantitative estimate of drug-likeness (QED) is 0.865. The van der Waals surface area contributed by atoms with E-state index in [-0.39, 0.29) is 11.7 Å².